The molecule has 2 aliphatic heterocycles. The van der Waals surface area contributed by atoms with Gasteiger partial charge in [0.25, 0.3) is 0 Å². The molecule has 0 aromatic rings. The van der Waals surface area contributed by atoms with E-state index < -0.39 is 12.1 Å². The summed E-state index contributed by atoms with van der Waals surface area (Å²) < 4.78 is 31.7. The lowest BCUT2D eigenvalue weighted by Gasteiger charge is -1.97. The van der Waals surface area contributed by atoms with Crippen LogP contribution in [0.25, 0.3) is 0 Å². The zero-order chi connectivity index (χ0) is 13.2. The number of imide groups is 1. The van der Waals surface area contributed by atoms with Gasteiger partial charge in [-0.25, -0.2) is 4.79 Å². The average molecular weight is 254 g/mol. The molecule has 17 heavy (non-hydrogen) atoms. The van der Waals surface area contributed by atoms with Crippen LogP contribution in [-0.2, 0) is 14.4 Å². The molecule has 0 radical (unpaired) electrons. The van der Waals surface area contributed by atoms with Crippen LogP contribution in [0.2, 0.25) is 0 Å². The smallest absolute Gasteiger partial charge is 0.475 e. The van der Waals surface area contributed by atoms with Crippen molar-refractivity contribution < 1.29 is 32.7 Å². The molecule has 6 nitrogen and oxygen atoms in total. The molecule has 0 aromatic carbocycles. The van der Waals surface area contributed by atoms with Crippen molar-refractivity contribution in [1.29, 1.82) is 0 Å². The molecule has 9 heteroatoms. The van der Waals surface area contributed by atoms with Gasteiger partial charge in [0, 0.05) is 13.1 Å². The Morgan fingerprint density at radius 1 is 1.18 bits per heavy atom. The van der Waals surface area contributed by atoms with Crippen LogP contribution in [0.3, 0.4) is 0 Å². The zero-order valence-electron chi connectivity index (χ0n) is 8.37. The maximum atomic E-state index is 10.9. The van der Waals surface area contributed by atoms with E-state index in [-0.39, 0.29) is 23.7 Å². The van der Waals surface area contributed by atoms with Gasteiger partial charge >= 0.3 is 12.1 Å². The number of carboxylic acid groups (broad SMARTS) is 1. The van der Waals surface area contributed by atoms with Crippen molar-refractivity contribution >= 4 is 17.8 Å². The highest BCUT2D eigenvalue weighted by Crippen LogP contribution is 2.21. The topological polar surface area (TPSA) is 95.5 Å². The Labute approximate surface area is 93.2 Å². The number of hydrogen-bond acceptors (Lipinski definition) is 4. The quantitative estimate of drug-likeness (QED) is 0.487. The van der Waals surface area contributed by atoms with Crippen LogP contribution in [-0.4, -0.2) is 42.2 Å². The summed E-state index contributed by atoms with van der Waals surface area (Å²) in [6, 6.07) is 0. The van der Waals surface area contributed by atoms with Gasteiger partial charge in [-0.2, -0.15) is 13.2 Å². The lowest BCUT2D eigenvalue weighted by molar-refractivity contribution is -0.192. The lowest BCUT2D eigenvalue weighted by Crippen LogP contribution is -2.28. The van der Waals surface area contributed by atoms with Gasteiger partial charge in [-0.3, -0.25) is 14.9 Å². The summed E-state index contributed by atoms with van der Waals surface area (Å²) in [5.74, 6) is -3.16. The molecule has 2 atom stereocenters. The maximum Gasteiger partial charge on any atom is 0.490 e. The molecule has 2 fully saturated rings. The van der Waals surface area contributed by atoms with Crippen LogP contribution in [0.4, 0.5) is 13.2 Å². The molecular weight excluding hydrogens is 245 g/mol. The first-order valence-electron chi connectivity index (χ1n) is 4.59. The fourth-order valence-corrected chi connectivity index (χ4v) is 1.54. The summed E-state index contributed by atoms with van der Waals surface area (Å²) in [6.45, 7) is 1.31. The van der Waals surface area contributed by atoms with Gasteiger partial charge in [-0.15, -0.1) is 0 Å². The van der Waals surface area contributed by atoms with Crippen molar-refractivity contribution in [3.8, 4) is 0 Å². The predicted octanol–water partition coefficient (Wildman–Crippen LogP) is -0.888. The number of fused-ring (bicyclic) bond motifs is 1. The molecule has 0 aromatic heterocycles. The number of nitrogens with one attached hydrogen (secondary N) is 2. The van der Waals surface area contributed by atoms with E-state index in [4.69, 9.17) is 9.90 Å². The molecule has 0 saturated carbocycles. The van der Waals surface area contributed by atoms with Crippen molar-refractivity contribution in [2.24, 2.45) is 11.8 Å². The Morgan fingerprint density at radius 3 is 1.82 bits per heavy atom. The molecule has 0 aliphatic carbocycles. The second kappa shape index (κ2) is 4.70. The highest BCUT2D eigenvalue weighted by Gasteiger charge is 2.44. The van der Waals surface area contributed by atoms with E-state index in [0.717, 1.165) is 0 Å². The van der Waals surface area contributed by atoms with Gasteiger partial charge < -0.3 is 10.4 Å². The summed E-state index contributed by atoms with van der Waals surface area (Å²) in [5, 5.41) is 12.4. The van der Waals surface area contributed by atoms with Crippen LogP contribution in [0.15, 0.2) is 0 Å². The minimum Gasteiger partial charge on any atom is -0.475 e. The summed E-state index contributed by atoms with van der Waals surface area (Å²) >= 11 is 0. The Kier molecular flexibility index (Phi) is 3.71. The fraction of sp³-hybridized carbons (Fsp3) is 0.625. The molecule has 96 valence electrons. The van der Waals surface area contributed by atoms with Gasteiger partial charge in [0.2, 0.25) is 11.8 Å². The van der Waals surface area contributed by atoms with Crippen LogP contribution in [0.5, 0.6) is 0 Å². The number of aliphatic carboxylic acids is 1. The predicted molar refractivity (Wildman–Crippen MR) is 46.7 cm³/mol. The van der Waals surface area contributed by atoms with Gasteiger partial charge in [0.15, 0.2) is 0 Å². The van der Waals surface area contributed by atoms with Crippen molar-refractivity contribution in [3.05, 3.63) is 0 Å². The maximum absolute atomic E-state index is 10.9. The third kappa shape index (κ3) is 3.16. The Bertz CT molecular complexity index is 335. The molecule has 0 bridgehead atoms. The van der Waals surface area contributed by atoms with Crippen molar-refractivity contribution in [3.63, 3.8) is 0 Å². The molecule has 0 spiro atoms. The van der Waals surface area contributed by atoms with E-state index in [0.29, 0.717) is 13.1 Å². The Hall–Kier alpha value is -1.64. The van der Waals surface area contributed by atoms with E-state index in [1.54, 1.807) is 0 Å². The Morgan fingerprint density at radius 2 is 1.53 bits per heavy atom. The van der Waals surface area contributed by atoms with E-state index in [9.17, 15) is 22.8 Å². The molecule has 2 heterocycles. The molecule has 3 N–H and O–H groups in total. The molecule has 2 saturated heterocycles. The van der Waals surface area contributed by atoms with Gasteiger partial charge in [-0.05, 0) is 0 Å². The van der Waals surface area contributed by atoms with Crippen molar-refractivity contribution in [2.45, 2.75) is 6.18 Å². The first-order valence-corrected chi connectivity index (χ1v) is 4.59. The van der Waals surface area contributed by atoms with E-state index >= 15 is 0 Å². The van der Waals surface area contributed by atoms with Gasteiger partial charge in [-0.1, -0.05) is 0 Å². The minimum absolute atomic E-state index is 0.0903. The van der Waals surface area contributed by atoms with Crippen LogP contribution in [0, 0.1) is 11.8 Å². The first kappa shape index (κ1) is 13.4. The van der Waals surface area contributed by atoms with E-state index in [1.165, 1.54) is 0 Å². The van der Waals surface area contributed by atoms with Crippen molar-refractivity contribution in [2.75, 3.05) is 13.1 Å². The number of amides is 2. The number of alkyl halides is 3. The monoisotopic (exact) mass is 254 g/mol. The standard InChI is InChI=1S/C6H8N2O2.C2HF3O2/c9-5-3-1-7-2-4(3)6(10)8-5;3-2(4,5)1(6)7/h3-4,7H,1-2H2,(H,8,9,10);(H,6,7). The van der Waals surface area contributed by atoms with Gasteiger partial charge in [0.05, 0.1) is 11.8 Å². The third-order valence-electron chi connectivity index (χ3n) is 2.38. The SMILES string of the molecule is O=C(O)C(F)(F)F.O=C1NC(=O)C2CNCC12. The van der Waals surface area contributed by atoms with Gasteiger partial charge in [0.1, 0.15) is 0 Å². The first-order chi connectivity index (χ1) is 7.73. The minimum atomic E-state index is -5.08. The Balaban J connectivity index is 0.000000185. The number of carboxylic acids is 1. The normalized spacial score (nSPS) is 27.0. The highest BCUT2D eigenvalue weighted by atomic mass is 19.4. The zero-order valence-corrected chi connectivity index (χ0v) is 8.37. The van der Waals surface area contributed by atoms with Crippen LogP contribution < -0.4 is 10.6 Å². The van der Waals surface area contributed by atoms with Crippen LogP contribution >= 0.6 is 0 Å². The number of halogens is 3. The highest BCUT2D eigenvalue weighted by molar-refractivity contribution is 6.05. The summed E-state index contributed by atoms with van der Waals surface area (Å²) in [4.78, 5) is 30.7. The molecule has 2 amide bonds. The molecule has 2 rings (SSSR count). The third-order valence-corrected chi connectivity index (χ3v) is 2.38. The summed E-state index contributed by atoms with van der Waals surface area (Å²) in [7, 11) is 0. The largest absolute Gasteiger partial charge is 0.490 e. The second-order valence-electron chi connectivity index (χ2n) is 3.53. The molecular formula is C8H9F3N2O4. The molecule has 2 unspecified atom stereocenters. The number of carbonyl (C=O) groups is 3. The van der Waals surface area contributed by atoms with Crippen LogP contribution in [0.1, 0.15) is 0 Å². The fourth-order valence-electron chi connectivity index (χ4n) is 1.54. The number of hydrogen-bond donors (Lipinski definition) is 3. The van der Waals surface area contributed by atoms with Crippen molar-refractivity contribution in [1.82, 2.24) is 10.6 Å². The van der Waals surface area contributed by atoms with E-state index in [2.05, 4.69) is 10.6 Å². The number of carbonyl (C=O) groups excluding carboxylic acids is 2. The average Bonchev–Trinajstić information content (AvgIpc) is 2.72. The van der Waals surface area contributed by atoms with E-state index in [1.807, 2.05) is 0 Å². The summed E-state index contributed by atoms with van der Waals surface area (Å²) in [6.07, 6.45) is -5.08. The molecule has 2 aliphatic rings. The number of rotatable bonds is 0. The second-order valence-corrected chi connectivity index (χ2v) is 3.53. The summed E-state index contributed by atoms with van der Waals surface area (Å²) in [5.41, 5.74) is 0. The lowest BCUT2D eigenvalue weighted by atomic mass is 10.00.